The molecule has 1 unspecified atom stereocenters. The Bertz CT molecular complexity index is 880. The van der Waals surface area contributed by atoms with Crippen LogP contribution in [0.2, 0.25) is 0 Å². The number of hydrogen-bond donors (Lipinski definition) is 0. The molecule has 2 rings (SSSR count). The molecule has 0 saturated heterocycles. The van der Waals surface area contributed by atoms with Crippen LogP contribution in [-0.4, -0.2) is 42.1 Å². The Labute approximate surface area is 176 Å². The average Bonchev–Trinajstić information content (AvgIpc) is 2.98. The first-order valence-corrected chi connectivity index (χ1v) is 10.6. The molecule has 1 aromatic rings. The van der Waals surface area contributed by atoms with Gasteiger partial charge in [0.25, 0.3) is 6.10 Å². The molecular weight excluding hydrogens is 542 g/mol. The van der Waals surface area contributed by atoms with Gasteiger partial charge in [0.1, 0.15) is 11.4 Å². The van der Waals surface area contributed by atoms with Crippen LogP contribution in [0.5, 0.6) is 5.75 Å². The fraction of sp³-hybridized carbons (Fsp3) is 0.562. The summed E-state index contributed by atoms with van der Waals surface area (Å²) in [5.41, 5.74) is -1.13. The Hall–Kier alpha value is -1.22. The molecule has 0 radical (unpaired) electrons. The van der Waals surface area contributed by atoms with Crippen molar-refractivity contribution >= 4 is 38.7 Å². The third kappa shape index (κ3) is 5.48. The second kappa shape index (κ2) is 8.13. The van der Waals surface area contributed by atoms with Crippen molar-refractivity contribution in [1.29, 1.82) is 0 Å². The molecule has 164 valence electrons. The first kappa shape index (κ1) is 24.1. The smallest absolute Gasteiger partial charge is 0.432 e. The largest absolute Gasteiger partial charge is 0.743 e. The number of benzene rings is 1. The normalized spacial score (nSPS) is 18.3. The third-order valence-corrected chi connectivity index (χ3v) is 6.12. The van der Waals surface area contributed by atoms with Crippen molar-refractivity contribution in [2.75, 3.05) is 0 Å². The van der Waals surface area contributed by atoms with E-state index in [-0.39, 0.29) is 5.75 Å². The van der Waals surface area contributed by atoms with Crippen molar-refractivity contribution < 1.29 is 49.2 Å². The zero-order valence-electron chi connectivity index (χ0n) is 14.8. The number of halogens is 6. The van der Waals surface area contributed by atoms with E-state index in [1.165, 1.54) is 6.07 Å². The van der Waals surface area contributed by atoms with Crippen molar-refractivity contribution in [1.82, 2.24) is 0 Å². The lowest BCUT2D eigenvalue weighted by atomic mass is 10.1. The first-order valence-electron chi connectivity index (χ1n) is 8.16. The van der Waals surface area contributed by atoms with E-state index in [0.29, 0.717) is 16.4 Å². The molecule has 0 aromatic heterocycles. The maximum atomic E-state index is 13.5. The summed E-state index contributed by atoms with van der Waals surface area (Å²) in [5.74, 6) is -1.75. The molecule has 1 fully saturated rings. The second-order valence-corrected chi connectivity index (χ2v) is 9.36. The lowest BCUT2D eigenvalue weighted by molar-refractivity contribution is -0.248. The van der Waals surface area contributed by atoms with Gasteiger partial charge in [0.2, 0.25) is 0 Å². The molecular formula is C16H15F5IO6S-. The lowest BCUT2D eigenvalue weighted by Crippen LogP contribution is -2.52. The van der Waals surface area contributed by atoms with Crippen molar-refractivity contribution in [2.24, 2.45) is 0 Å². The molecule has 1 atom stereocenters. The Morgan fingerprint density at radius 3 is 2.24 bits per heavy atom. The minimum Gasteiger partial charge on any atom is -0.743 e. The first-order chi connectivity index (χ1) is 13.1. The van der Waals surface area contributed by atoms with Crippen LogP contribution in [0.1, 0.15) is 43.0 Å². The molecule has 29 heavy (non-hydrogen) atoms. The minimum absolute atomic E-state index is 0.135. The average molecular weight is 557 g/mol. The van der Waals surface area contributed by atoms with Crippen LogP contribution in [-0.2, 0) is 14.9 Å². The van der Waals surface area contributed by atoms with Gasteiger partial charge in [0.05, 0.1) is 9.13 Å². The van der Waals surface area contributed by atoms with E-state index in [0.717, 1.165) is 25.0 Å². The summed E-state index contributed by atoms with van der Waals surface area (Å²) in [5, 5.41) is -5.90. The zero-order valence-corrected chi connectivity index (χ0v) is 17.7. The summed E-state index contributed by atoms with van der Waals surface area (Å²) in [6.45, 7) is 1.82. The number of carbonyl (C=O) groups excluding carboxylic acids is 1. The molecule has 0 aliphatic heterocycles. The van der Waals surface area contributed by atoms with E-state index in [4.69, 9.17) is 4.74 Å². The molecule has 0 amide bonds. The molecule has 0 bridgehead atoms. The second-order valence-electron chi connectivity index (χ2n) is 6.75. The van der Waals surface area contributed by atoms with Crippen LogP contribution in [0, 0.1) is 3.57 Å². The SMILES string of the molecule is CC1(Oc2cc(C(=O)OC(C(F)(F)F)C(F)(F)S(=O)(=O)[O-])ccc2I)CCCC1. The van der Waals surface area contributed by atoms with Crippen LogP contribution in [0.25, 0.3) is 0 Å². The lowest BCUT2D eigenvalue weighted by Gasteiger charge is -2.30. The van der Waals surface area contributed by atoms with Crippen LogP contribution >= 0.6 is 22.6 Å². The standard InChI is InChI=1S/C16H16F5IO6S/c1-14(6-2-3-7-14)28-11-8-9(4-5-10(11)22)12(23)27-13(15(17,18)19)16(20,21)29(24,25)26/h4-5,8,13H,2-3,6-7H2,1H3,(H,24,25,26)/p-1. The highest BCUT2D eigenvalue weighted by molar-refractivity contribution is 14.1. The van der Waals surface area contributed by atoms with Gasteiger partial charge in [0.15, 0.2) is 10.1 Å². The molecule has 6 nitrogen and oxygen atoms in total. The highest BCUT2D eigenvalue weighted by Crippen LogP contribution is 2.39. The van der Waals surface area contributed by atoms with Crippen molar-refractivity contribution in [3.8, 4) is 5.75 Å². The van der Waals surface area contributed by atoms with E-state index >= 15 is 0 Å². The Kier molecular flexibility index (Phi) is 6.75. The van der Waals surface area contributed by atoms with Gasteiger partial charge < -0.3 is 14.0 Å². The van der Waals surface area contributed by atoms with Gasteiger partial charge in [0, 0.05) is 0 Å². The van der Waals surface area contributed by atoms with Gasteiger partial charge in [-0.2, -0.15) is 22.0 Å². The van der Waals surface area contributed by atoms with Gasteiger partial charge in [-0.3, -0.25) is 0 Å². The summed E-state index contributed by atoms with van der Waals surface area (Å²) in [6, 6.07) is 3.33. The van der Waals surface area contributed by atoms with Gasteiger partial charge >= 0.3 is 17.4 Å². The zero-order chi connectivity index (χ0) is 22.3. The van der Waals surface area contributed by atoms with Gasteiger partial charge in [-0.15, -0.1) is 0 Å². The highest BCUT2D eigenvalue weighted by atomic mass is 127. The predicted molar refractivity (Wildman–Crippen MR) is 96.6 cm³/mol. The Morgan fingerprint density at radius 1 is 1.21 bits per heavy atom. The van der Waals surface area contributed by atoms with E-state index in [1.807, 2.05) is 29.5 Å². The summed E-state index contributed by atoms with van der Waals surface area (Å²) in [7, 11) is -6.76. The summed E-state index contributed by atoms with van der Waals surface area (Å²) >= 11 is 1.86. The number of hydrogen-bond acceptors (Lipinski definition) is 6. The predicted octanol–water partition coefficient (Wildman–Crippen LogP) is 4.23. The van der Waals surface area contributed by atoms with E-state index in [1.54, 1.807) is 0 Å². The number of rotatable bonds is 6. The molecule has 1 aromatic carbocycles. The molecule has 1 saturated carbocycles. The fourth-order valence-electron chi connectivity index (χ4n) is 2.83. The molecule has 0 heterocycles. The maximum Gasteiger partial charge on any atom is 0.432 e. The topological polar surface area (TPSA) is 92.7 Å². The minimum atomic E-state index is -6.76. The molecule has 0 N–H and O–H groups in total. The van der Waals surface area contributed by atoms with Crippen molar-refractivity contribution in [3.05, 3.63) is 27.3 Å². The van der Waals surface area contributed by atoms with Crippen LogP contribution < -0.4 is 4.74 Å². The summed E-state index contributed by atoms with van der Waals surface area (Å²) in [6.07, 6.45) is -7.23. The molecule has 1 aliphatic carbocycles. The van der Waals surface area contributed by atoms with Crippen LogP contribution in [0.3, 0.4) is 0 Å². The number of alkyl halides is 5. The Balaban J connectivity index is 2.32. The molecule has 0 spiro atoms. The summed E-state index contributed by atoms with van der Waals surface area (Å²) in [4.78, 5) is 12.0. The Morgan fingerprint density at radius 2 is 1.76 bits per heavy atom. The maximum absolute atomic E-state index is 13.5. The van der Waals surface area contributed by atoms with Gasteiger partial charge in [-0.1, -0.05) is 0 Å². The number of esters is 1. The number of carbonyl (C=O) groups is 1. The monoisotopic (exact) mass is 557 g/mol. The van der Waals surface area contributed by atoms with E-state index < -0.39 is 44.8 Å². The van der Waals surface area contributed by atoms with E-state index in [9.17, 15) is 39.7 Å². The quantitative estimate of drug-likeness (QED) is 0.225. The third-order valence-electron chi connectivity index (χ3n) is 4.35. The van der Waals surface area contributed by atoms with Crippen LogP contribution in [0.4, 0.5) is 22.0 Å². The number of ether oxygens (including phenoxy) is 2. The van der Waals surface area contributed by atoms with Crippen LogP contribution in [0.15, 0.2) is 18.2 Å². The van der Waals surface area contributed by atoms with Crippen molar-refractivity contribution in [2.45, 2.75) is 55.7 Å². The van der Waals surface area contributed by atoms with Crippen molar-refractivity contribution in [3.63, 3.8) is 0 Å². The van der Waals surface area contributed by atoms with E-state index in [2.05, 4.69) is 4.74 Å². The molecule has 13 heteroatoms. The summed E-state index contributed by atoms with van der Waals surface area (Å²) < 4.78 is 108. The highest BCUT2D eigenvalue weighted by Gasteiger charge is 2.63. The molecule has 1 aliphatic rings. The van der Waals surface area contributed by atoms with Gasteiger partial charge in [-0.25, -0.2) is 13.2 Å². The fourth-order valence-corrected chi connectivity index (χ4v) is 3.72. The van der Waals surface area contributed by atoms with Gasteiger partial charge in [-0.05, 0) is 73.4 Å².